The van der Waals surface area contributed by atoms with Crippen LogP contribution in [0.5, 0.6) is 0 Å². The van der Waals surface area contributed by atoms with Crippen molar-refractivity contribution >= 4 is 171 Å². The van der Waals surface area contributed by atoms with Gasteiger partial charge in [-0.15, -0.1) is 45.3 Å². The van der Waals surface area contributed by atoms with E-state index >= 15 is 0 Å². The van der Waals surface area contributed by atoms with Gasteiger partial charge in [-0.25, -0.2) is 0 Å². The van der Waals surface area contributed by atoms with Crippen molar-refractivity contribution < 1.29 is 0 Å². The standard InChI is InChI=1S/C58H34N2S4/c1-3-13-35(14-4-1)59(47-21-11-19-43-39-17-7-9-23-49(39)63-57(43)47)37-25-27-45-53(33-37)61-51-31-29-42-41(55(45)51)30-32-52-56(42)46-28-26-38(34-54(46)62-52)60(36-15-5-2-6-16-36)48-22-12-20-44-40-18-8-10-24-50(40)64-58(44)48/h1-34H. The minimum atomic E-state index is 1.15. The van der Waals surface area contributed by atoms with Crippen molar-refractivity contribution in [3.8, 4) is 0 Å². The van der Waals surface area contributed by atoms with Gasteiger partial charge in [0.05, 0.1) is 20.8 Å². The van der Waals surface area contributed by atoms with Crippen LogP contribution in [0.1, 0.15) is 0 Å². The second kappa shape index (κ2) is 14.2. The van der Waals surface area contributed by atoms with E-state index in [0.29, 0.717) is 0 Å². The highest BCUT2D eigenvalue weighted by Crippen LogP contribution is 2.50. The van der Waals surface area contributed by atoms with E-state index in [0.717, 1.165) is 22.7 Å². The molecule has 0 atom stereocenters. The normalized spacial score (nSPS) is 12.1. The van der Waals surface area contributed by atoms with E-state index in [1.807, 2.05) is 45.3 Å². The quantitative estimate of drug-likeness (QED) is 0.164. The average molecular weight is 887 g/mol. The molecule has 0 radical (unpaired) electrons. The van der Waals surface area contributed by atoms with E-state index in [1.54, 1.807) is 0 Å². The molecule has 0 aliphatic rings. The zero-order valence-corrected chi connectivity index (χ0v) is 37.4. The van der Waals surface area contributed by atoms with Crippen LogP contribution < -0.4 is 9.80 Å². The fourth-order valence-electron chi connectivity index (χ4n) is 10.0. The molecule has 64 heavy (non-hydrogen) atoms. The number of nitrogens with zero attached hydrogens (tertiary/aromatic N) is 2. The number of hydrogen-bond acceptors (Lipinski definition) is 6. The molecule has 6 heteroatoms. The van der Waals surface area contributed by atoms with Crippen LogP contribution in [0.4, 0.5) is 34.1 Å². The molecule has 0 fully saturated rings. The summed E-state index contributed by atoms with van der Waals surface area (Å²) in [6.45, 7) is 0. The predicted molar refractivity (Wildman–Crippen MR) is 285 cm³/mol. The monoisotopic (exact) mass is 886 g/mol. The Balaban J connectivity index is 0.918. The first-order valence-corrected chi connectivity index (χ1v) is 24.8. The van der Waals surface area contributed by atoms with Gasteiger partial charge in [-0.3, -0.25) is 0 Å². The fraction of sp³-hybridized carbons (Fsp3) is 0. The Kier molecular flexibility index (Phi) is 8.10. The van der Waals surface area contributed by atoms with E-state index in [1.165, 1.54) is 103 Å². The van der Waals surface area contributed by atoms with Gasteiger partial charge in [-0.2, -0.15) is 0 Å². The van der Waals surface area contributed by atoms with Gasteiger partial charge in [0.15, 0.2) is 0 Å². The molecule has 0 N–H and O–H groups in total. The Morgan fingerprint density at radius 3 is 1.11 bits per heavy atom. The van der Waals surface area contributed by atoms with Crippen LogP contribution in [-0.4, -0.2) is 0 Å². The van der Waals surface area contributed by atoms with Gasteiger partial charge in [-0.05, 0) is 95.7 Å². The lowest BCUT2D eigenvalue weighted by atomic mass is 9.99. The van der Waals surface area contributed by atoms with Crippen molar-refractivity contribution in [2.45, 2.75) is 0 Å². The first kappa shape index (κ1) is 36.4. The second-order valence-corrected chi connectivity index (χ2v) is 20.7. The van der Waals surface area contributed by atoms with Crippen LogP contribution in [0.25, 0.3) is 91.5 Å². The molecule has 0 amide bonds. The van der Waals surface area contributed by atoms with Crippen molar-refractivity contribution in [2.75, 3.05) is 9.80 Å². The second-order valence-electron chi connectivity index (χ2n) is 16.4. The maximum Gasteiger partial charge on any atom is 0.0640 e. The van der Waals surface area contributed by atoms with Crippen LogP contribution >= 0.6 is 45.3 Å². The molecule has 0 aliphatic carbocycles. The Hall–Kier alpha value is -7.06. The number of para-hydroxylation sites is 2. The third-order valence-electron chi connectivity index (χ3n) is 12.8. The molecule has 4 heterocycles. The largest absolute Gasteiger partial charge is 0.309 e. The summed E-state index contributed by atoms with van der Waals surface area (Å²) >= 11 is 7.54. The summed E-state index contributed by atoms with van der Waals surface area (Å²) in [4.78, 5) is 4.88. The zero-order valence-electron chi connectivity index (χ0n) is 34.2. The maximum absolute atomic E-state index is 2.44. The van der Waals surface area contributed by atoms with E-state index in [9.17, 15) is 0 Å². The topological polar surface area (TPSA) is 6.48 Å². The summed E-state index contributed by atoms with van der Waals surface area (Å²) in [6.07, 6.45) is 0. The van der Waals surface area contributed by atoms with Gasteiger partial charge < -0.3 is 9.80 Å². The maximum atomic E-state index is 2.44. The van der Waals surface area contributed by atoms with Crippen molar-refractivity contribution in [2.24, 2.45) is 0 Å². The molecule has 0 saturated heterocycles. The lowest BCUT2D eigenvalue weighted by Crippen LogP contribution is -2.09. The highest BCUT2D eigenvalue weighted by Gasteiger charge is 2.22. The summed E-state index contributed by atoms with van der Waals surface area (Å²) in [7, 11) is 0. The van der Waals surface area contributed by atoms with Gasteiger partial charge >= 0.3 is 0 Å². The number of rotatable bonds is 6. The number of hydrogen-bond donors (Lipinski definition) is 0. The molecule has 2 nitrogen and oxygen atoms in total. The van der Waals surface area contributed by atoms with Gasteiger partial charge in [0, 0.05) is 94.0 Å². The Labute approximate surface area is 384 Å². The SMILES string of the molecule is c1ccc(N(c2ccc3c(c2)sc2ccc4c(ccc5sc6cc(N(c7ccccc7)c7cccc8c7sc7ccccc78)ccc6c54)c23)c2cccc3c2sc2ccccc23)cc1. The summed E-state index contributed by atoms with van der Waals surface area (Å²) in [5, 5.41) is 13.1. The minimum absolute atomic E-state index is 1.15. The summed E-state index contributed by atoms with van der Waals surface area (Å²) in [5.74, 6) is 0. The van der Waals surface area contributed by atoms with Crippen LogP contribution in [0.3, 0.4) is 0 Å². The van der Waals surface area contributed by atoms with E-state index in [-0.39, 0.29) is 0 Å². The first-order chi connectivity index (χ1) is 31.7. The smallest absolute Gasteiger partial charge is 0.0640 e. The first-order valence-electron chi connectivity index (χ1n) is 21.5. The lowest BCUT2D eigenvalue weighted by molar-refractivity contribution is 1.31. The van der Waals surface area contributed by atoms with Crippen molar-refractivity contribution in [3.63, 3.8) is 0 Å². The summed E-state index contributed by atoms with van der Waals surface area (Å²) in [6, 6.07) is 76.3. The third kappa shape index (κ3) is 5.47. The van der Waals surface area contributed by atoms with Crippen LogP contribution in [0, 0.1) is 0 Å². The van der Waals surface area contributed by atoms with E-state index < -0.39 is 0 Å². The minimum Gasteiger partial charge on any atom is -0.309 e. The van der Waals surface area contributed by atoms with Gasteiger partial charge in [0.1, 0.15) is 0 Å². The Morgan fingerprint density at radius 2 is 0.641 bits per heavy atom. The molecule has 0 bridgehead atoms. The van der Waals surface area contributed by atoms with Gasteiger partial charge in [0.2, 0.25) is 0 Å². The molecule has 10 aromatic carbocycles. The van der Waals surface area contributed by atoms with Crippen LogP contribution in [0.2, 0.25) is 0 Å². The molecular formula is C58H34N2S4. The highest BCUT2D eigenvalue weighted by molar-refractivity contribution is 7.27. The number of benzene rings is 10. The number of thiophene rings is 4. The molecular weight excluding hydrogens is 853 g/mol. The molecule has 14 aromatic rings. The Bertz CT molecular complexity index is 3890. The van der Waals surface area contributed by atoms with Crippen molar-refractivity contribution in [1.82, 2.24) is 0 Å². The van der Waals surface area contributed by atoms with E-state index in [4.69, 9.17) is 0 Å². The average Bonchev–Trinajstić information content (AvgIpc) is 4.13. The molecule has 300 valence electrons. The molecule has 0 spiro atoms. The lowest BCUT2D eigenvalue weighted by Gasteiger charge is -2.26. The van der Waals surface area contributed by atoms with Gasteiger partial charge in [0.25, 0.3) is 0 Å². The summed E-state index contributed by atoms with van der Waals surface area (Å²) in [5.41, 5.74) is 7.03. The van der Waals surface area contributed by atoms with Crippen molar-refractivity contribution in [3.05, 3.63) is 206 Å². The molecule has 0 unspecified atom stereocenters. The zero-order chi connectivity index (χ0) is 41.9. The van der Waals surface area contributed by atoms with Crippen LogP contribution in [0.15, 0.2) is 206 Å². The Morgan fingerprint density at radius 1 is 0.234 bits per heavy atom. The van der Waals surface area contributed by atoms with Gasteiger partial charge in [-0.1, -0.05) is 121 Å². The third-order valence-corrected chi connectivity index (χ3v) is 17.5. The summed E-state index contributed by atoms with van der Waals surface area (Å²) < 4.78 is 10.4. The molecule has 0 aliphatic heterocycles. The highest BCUT2D eigenvalue weighted by atomic mass is 32.1. The number of fused-ring (bicyclic) bond motifs is 15. The van der Waals surface area contributed by atoms with Crippen LogP contribution in [-0.2, 0) is 0 Å². The van der Waals surface area contributed by atoms with Crippen molar-refractivity contribution in [1.29, 1.82) is 0 Å². The number of anilines is 6. The molecule has 14 rings (SSSR count). The fourth-order valence-corrected chi connectivity index (χ4v) is 14.8. The molecule has 4 aromatic heterocycles. The van der Waals surface area contributed by atoms with E-state index in [2.05, 4.69) is 216 Å². The molecule has 0 saturated carbocycles. The predicted octanol–water partition coefficient (Wildman–Crippen LogP) is 19.3.